The van der Waals surface area contributed by atoms with E-state index < -0.39 is 0 Å². The molecule has 1 saturated heterocycles. The summed E-state index contributed by atoms with van der Waals surface area (Å²) in [6.45, 7) is 15.4. The molecule has 160 valence electrons. The monoisotopic (exact) mass is 417 g/mol. The van der Waals surface area contributed by atoms with Gasteiger partial charge in [-0.3, -0.25) is 9.69 Å². The van der Waals surface area contributed by atoms with Gasteiger partial charge in [0.2, 0.25) is 5.91 Å². The van der Waals surface area contributed by atoms with E-state index in [1.165, 1.54) is 23.3 Å². The van der Waals surface area contributed by atoms with Gasteiger partial charge >= 0.3 is 0 Å². The van der Waals surface area contributed by atoms with Crippen LogP contribution in [0.5, 0.6) is 0 Å². The van der Waals surface area contributed by atoms with Crippen LogP contribution < -0.4 is 4.90 Å². The van der Waals surface area contributed by atoms with E-state index in [-0.39, 0.29) is 5.91 Å². The summed E-state index contributed by atoms with van der Waals surface area (Å²) in [5.41, 5.74) is 1.22. The quantitative estimate of drug-likeness (QED) is 0.685. The van der Waals surface area contributed by atoms with Crippen LogP contribution >= 0.6 is 11.3 Å². The number of likely N-dealkylation sites (N-methyl/N-ethyl adjacent to an activating group) is 2. The lowest BCUT2D eigenvalue weighted by Gasteiger charge is -2.30. The Hall–Kier alpha value is -1.73. The maximum absolute atomic E-state index is 12.7. The Morgan fingerprint density at radius 1 is 1.17 bits per heavy atom. The predicted molar refractivity (Wildman–Crippen MR) is 122 cm³/mol. The highest BCUT2D eigenvalue weighted by molar-refractivity contribution is 7.18. The second-order valence-corrected chi connectivity index (χ2v) is 9.51. The van der Waals surface area contributed by atoms with E-state index in [9.17, 15) is 4.79 Å². The molecule has 0 atom stereocenters. The Kier molecular flexibility index (Phi) is 7.11. The molecule has 1 aliphatic rings. The number of hydrogen-bond donors (Lipinski definition) is 0. The van der Waals surface area contributed by atoms with Gasteiger partial charge in [-0.25, -0.2) is 9.97 Å². The Balaban J connectivity index is 1.90. The summed E-state index contributed by atoms with van der Waals surface area (Å²) < 4.78 is 0. The van der Waals surface area contributed by atoms with Crippen molar-refractivity contribution >= 4 is 33.3 Å². The fourth-order valence-corrected chi connectivity index (χ4v) is 5.04. The number of amides is 1. The zero-order valence-corrected chi connectivity index (χ0v) is 19.6. The maximum atomic E-state index is 12.7. The van der Waals surface area contributed by atoms with E-state index in [4.69, 9.17) is 9.97 Å². The standard InChI is InChI=1S/C22H35N5OS/c1-7-27(8-2)19(28)14-25(6)21-20-16(4)17(5)29-22(20)24-18(23-21)13-26-11-9-15(3)10-12-26/h15H,7-14H2,1-6H3. The average Bonchev–Trinajstić information content (AvgIpc) is 2.97. The van der Waals surface area contributed by atoms with Crippen LogP contribution in [0.3, 0.4) is 0 Å². The first-order chi connectivity index (χ1) is 13.8. The summed E-state index contributed by atoms with van der Waals surface area (Å²) in [4.78, 5) is 31.2. The third-order valence-electron chi connectivity index (χ3n) is 6.15. The van der Waals surface area contributed by atoms with Crippen molar-refractivity contribution in [1.29, 1.82) is 0 Å². The summed E-state index contributed by atoms with van der Waals surface area (Å²) >= 11 is 1.73. The molecule has 0 aliphatic carbocycles. The van der Waals surface area contributed by atoms with Crippen molar-refractivity contribution in [1.82, 2.24) is 19.8 Å². The first-order valence-corrected chi connectivity index (χ1v) is 11.6. The minimum atomic E-state index is 0.139. The molecule has 0 bridgehead atoms. The Labute approximate surface area is 178 Å². The second kappa shape index (κ2) is 9.39. The highest BCUT2D eigenvalue weighted by atomic mass is 32.1. The molecule has 0 radical (unpaired) electrons. The molecule has 0 saturated carbocycles. The molecule has 1 fully saturated rings. The highest BCUT2D eigenvalue weighted by Crippen LogP contribution is 2.35. The molecule has 0 aromatic carbocycles. The minimum absolute atomic E-state index is 0.139. The normalized spacial score (nSPS) is 15.8. The third-order valence-corrected chi connectivity index (χ3v) is 7.25. The van der Waals surface area contributed by atoms with Crippen LogP contribution in [-0.4, -0.2) is 65.4 Å². The van der Waals surface area contributed by atoms with Crippen LogP contribution in [0.25, 0.3) is 10.2 Å². The lowest BCUT2D eigenvalue weighted by atomic mass is 9.99. The zero-order chi connectivity index (χ0) is 21.1. The summed E-state index contributed by atoms with van der Waals surface area (Å²) in [5.74, 6) is 2.70. The van der Waals surface area contributed by atoms with Gasteiger partial charge in [-0.15, -0.1) is 11.3 Å². The molecule has 6 nitrogen and oxygen atoms in total. The van der Waals surface area contributed by atoms with Crippen molar-refractivity contribution < 1.29 is 4.79 Å². The number of nitrogens with zero attached hydrogens (tertiary/aromatic N) is 5. The van der Waals surface area contributed by atoms with Gasteiger partial charge in [0.15, 0.2) is 0 Å². The van der Waals surface area contributed by atoms with Gasteiger partial charge in [-0.05, 0) is 65.1 Å². The highest BCUT2D eigenvalue weighted by Gasteiger charge is 2.22. The summed E-state index contributed by atoms with van der Waals surface area (Å²) in [5, 5.41) is 1.10. The molecule has 2 aromatic rings. The van der Waals surface area contributed by atoms with Gasteiger partial charge in [0.1, 0.15) is 16.5 Å². The van der Waals surface area contributed by atoms with Crippen molar-refractivity contribution in [3.63, 3.8) is 0 Å². The molecule has 29 heavy (non-hydrogen) atoms. The number of thiophene rings is 1. The first-order valence-electron chi connectivity index (χ1n) is 10.8. The van der Waals surface area contributed by atoms with Crippen LogP contribution in [-0.2, 0) is 11.3 Å². The van der Waals surface area contributed by atoms with Crippen LogP contribution in [0.2, 0.25) is 0 Å². The Morgan fingerprint density at radius 3 is 2.45 bits per heavy atom. The van der Waals surface area contributed by atoms with Gasteiger partial charge in [0, 0.05) is 25.0 Å². The second-order valence-electron chi connectivity index (χ2n) is 8.31. The molecule has 3 heterocycles. The average molecular weight is 418 g/mol. The molecular weight excluding hydrogens is 382 g/mol. The molecule has 7 heteroatoms. The lowest BCUT2D eigenvalue weighted by Crippen LogP contribution is -2.39. The molecule has 2 aromatic heterocycles. The number of piperidine rings is 1. The van der Waals surface area contributed by atoms with E-state index in [0.717, 1.165) is 60.5 Å². The predicted octanol–water partition coefficient (Wildman–Crippen LogP) is 3.84. The lowest BCUT2D eigenvalue weighted by molar-refractivity contribution is -0.129. The fourth-order valence-electron chi connectivity index (χ4n) is 3.99. The number of rotatable bonds is 7. The molecule has 0 N–H and O–H groups in total. The van der Waals surface area contributed by atoms with Gasteiger partial charge < -0.3 is 9.80 Å². The van der Waals surface area contributed by atoms with Crippen molar-refractivity contribution in [3.05, 3.63) is 16.3 Å². The molecular formula is C22H35N5OS. The number of aryl methyl sites for hydroxylation is 2. The van der Waals surface area contributed by atoms with Gasteiger partial charge in [-0.1, -0.05) is 6.92 Å². The molecule has 1 amide bonds. The molecule has 3 rings (SSSR count). The van der Waals surface area contributed by atoms with Crippen molar-refractivity contribution in [2.45, 2.75) is 54.0 Å². The van der Waals surface area contributed by atoms with Crippen molar-refractivity contribution in [2.24, 2.45) is 5.92 Å². The van der Waals surface area contributed by atoms with Crippen LogP contribution in [0.4, 0.5) is 5.82 Å². The minimum Gasteiger partial charge on any atom is -0.350 e. The van der Waals surface area contributed by atoms with Crippen LogP contribution in [0.1, 0.15) is 49.9 Å². The zero-order valence-electron chi connectivity index (χ0n) is 18.8. The SMILES string of the molecule is CCN(CC)C(=O)CN(C)c1nc(CN2CCC(C)CC2)nc2sc(C)c(C)c12. The van der Waals surface area contributed by atoms with E-state index in [0.29, 0.717) is 6.54 Å². The first kappa shape index (κ1) is 22.0. The summed E-state index contributed by atoms with van der Waals surface area (Å²) in [6, 6.07) is 0. The fraction of sp³-hybridized carbons (Fsp3) is 0.682. The maximum Gasteiger partial charge on any atom is 0.242 e. The van der Waals surface area contributed by atoms with Gasteiger partial charge in [0.05, 0.1) is 18.5 Å². The van der Waals surface area contributed by atoms with E-state index in [2.05, 4.69) is 25.7 Å². The number of likely N-dealkylation sites (tertiary alicyclic amines) is 1. The topological polar surface area (TPSA) is 52.6 Å². The number of anilines is 1. The number of fused-ring (bicyclic) bond motifs is 1. The molecule has 0 spiro atoms. The Bertz CT molecular complexity index is 852. The summed E-state index contributed by atoms with van der Waals surface area (Å²) in [7, 11) is 1.97. The van der Waals surface area contributed by atoms with E-state index in [1.807, 2.05) is 30.7 Å². The molecule has 1 aliphatic heterocycles. The number of hydrogen-bond acceptors (Lipinski definition) is 6. The van der Waals surface area contributed by atoms with Crippen LogP contribution in [0.15, 0.2) is 0 Å². The van der Waals surface area contributed by atoms with Crippen LogP contribution in [0, 0.1) is 19.8 Å². The molecule has 0 unspecified atom stereocenters. The van der Waals surface area contributed by atoms with E-state index in [1.54, 1.807) is 11.3 Å². The van der Waals surface area contributed by atoms with Gasteiger partial charge in [-0.2, -0.15) is 0 Å². The number of carbonyl (C=O) groups is 1. The van der Waals surface area contributed by atoms with Crippen molar-refractivity contribution in [3.8, 4) is 0 Å². The number of carbonyl (C=O) groups excluding carboxylic acids is 1. The summed E-state index contributed by atoms with van der Waals surface area (Å²) in [6.07, 6.45) is 2.48. The number of aromatic nitrogens is 2. The van der Waals surface area contributed by atoms with Crippen molar-refractivity contribution in [2.75, 3.05) is 44.7 Å². The Morgan fingerprint density at radius 2 is 1.83 bits per heavy atom. The third kappa shape index (κ3) is 4.89. The van der Waals surface area contributed by atoms with E-state index >= 15 is 0 Å². The van der Waals surface area contributed by atoms with Gasteiger partial charge in [0.25, 0.3) is 0 Å². The smallest absolute Gasteiger partial charge is 0.242 e. The largest absolute Gasteiger partial charge is 0.350 e.